The minimum absolute atomic E-state index is 0. The van der Waals surface area contributed by atoms with Crippen molar-refractivity contribution in [2.45, 2.75) is 33.9 Å². The predicted molar refractivity (Wildman–Crippen MR) is 187 cm³/mol. The predicted octanol–water partition coefficient (Wildman–Crippen LogP) is 6.00. The van der Waals surface area contributed by atoms with E-state index in [-0.39, 0.29) is 19.5 Å². The Morgan fingerprint density at radius 3 is 0.774 bits per heavy atom. The molecule has 0 saturated carbocycles. The van der Waals surface area contributed by atoms with Gasteiger partial charge in [-0.05, 0) is 48.5 Å². The molecule has 0 bridgehead atoms. The minimum Gasteiger partial charge on any atom is -0.741 e. The minimum atomic E-state index is -6.09. The van der Waals surface area contributed by atoms with Gasteiger partial charge in [0.2, 0.25) is 0 Å². The number of pyridine rings is 4. The van der Waals surface area contributed by atoms with Crippen molar-refractivity contribution in [1.82, 2.24) is 19.9 Å². The normalized spacial score (nSPS) is 11.1. The van der Waals surface area contributed by atoms with Crippen LogP contribution in [0, 0.1) is 0 Å². The molecule has 0 aliphatic carbocycles. The van der Waals surface area contributed by atoms with Crippen molar-refractivity contribution < 1.29 is 71.8 Å². The number of halogens is 6. The van der Waals surface area contributed by atoms with Gasteiger partial charge in [0.25, 0.3) is 0 Å². The zero-order valence-corrected chi connectivity index (χ0v) is 35.2. The standard InChI is InChI=1S/C10H16As2.2C10H8N2.2CHF3O3S.Ru/c1-11(2)9-7-5-6-8-10(9)12(3)4;2*1-3-7-11-9(5-1)10-6-2-4-8-12-10;2*2-1(3,4)8(5,6)7;/h5-8H,1-4H3;2*1-8H;2*(H,5,6,7);/q;;;;;+2/p-2. The molecule has 288 valence electrons. The first-order valence-corrected chi connectivity index (χ1v) is 26.4. The zero-order chi connectivity index (χ0) is 39.6. The van der Waals surface area contributed by atoms with Crippen LogP contribution < -0.4 is 8.70 Å². The van der Waals surface area contributed by atoms with E-state index in [0.717, 1.165) is 22.8 Å². The average Bonchev–Trinajstić information content (AvgIpc) is 3.09. The summed E-state index contributed by atoms with van der Waals surface area (Å²) in [6, 6.07) is 32.2. The summed E-state index contributed by atoms with van der Waals surface area (Å²) in [6.45, 7) is 0. The van der Waals surface area contributed by atoms with E-state index in [0.29, 0.717) is 0 Å². The Morgan fingerprint density at radius 2 is 0.642 bits per heavy atom. The second-order valence-corrected chi connectivity index (χ2v) is 22.2. The van der Waals surface area contributed by atoms with E-state index in [1.165, 1.54) is 0 Å². The Hall–Kier alpha value is -3.04. The molecule has 0 N–H and O–H groups in total. The van der Waals surface area contributed by atoms with Crippen molar-refractivity contribution >= 4 is 58.2 Å². The van der Waals surface area contributed by atoms with Crippen molar-refractivity contribution in [3.63, 3.8) is 0 Å². The molecule has 53 heavy (non-hydrogen) atoms. The fourth-order valence-electron chi connectivity index (χ4n) is 3.28. The fourth-order valence-corrected chi connectivity index (χ4v) is 11.5. The number of hydrogen-bond acceptors (Lipinski definition) is 10. The molecule has 0 aliphatic rings. The molecule has 1 aromatic carbocycles. The monoisotopic (exact) mass is 998 g/mol. The van der Waals surface area contributed by atoms with Gasteiger partial charge in [0.1, 0.15) is 0 Å². The summed E-state index contributed by atoms with van der Waals surface area (Å²) in [7, 11) is -12.2. The van der Waals surface area contributed by atoms with Crippen LogP contribution in [-0.2, 0) is 39.7 Å². The van der Waals surface area contributed by atoms with Crippen LogP contribution >= 0.6 is 0 Å². The van der Waals surface area contributed by atoms with Gasteiger partial charge in [0.15, 0.2) is 20.2 Å². The van der Waals surface area contributed by atoms with Gasteiger partial charge in [-0.25, -0.2) is 16.8 Å². The van der Waals surface area contributed by atoms with Crippen LogP contribution in [0.25, 0.3) is 22.8 Å². The number of aromatic nitrogens is 4. The summed E-state index contributed by atoms with van der Waals surface area (Å²) in [5, 5.41) is 0. The van der Waals surface area contributed by atoms with Gasteiger partial charge in [-0.1, -0.05) is 24.3 Å². The third-order valence-corrected chi connectivity index (χ3v) is 13.2. The smallest absolute Gasteiger partial charge is 0.741 e. The molecule has 4 aromatic heterocycles. The van der Waals surface area contributed by atoms with E-state index in [2.05, 4.69) is 67.0 Å². The van der Waals surface area contributed by atoms with E-state index in [1.54, 1.807) is 33.5 Å². The quantitative estimate of drug-likeness (QED) is 0.0903. The summed E-state index contributed by atoms with van der Waals surface area (Å²) in [5.74, 6) is 0. The molecular formula is C32H32As2F6N4O6RuS2. The number of nitrogens with zero attached hydrogens (tertiary/aromatic N) is 4. The first-order valence-electron chi connectivity index (χ1n) is 14.2. The Bertz CT molecular complexity index is 1750. The van der Waals surface area contributed by atoms with Crippen molar-refractivity contribution in [2.24, 2.45) is 0 Å². The molecule has 0 amide bonds. The molecule has 10 nitrogen and oxygen atoms in total. The second kappa shape index (κ2) is 23.7. The van der Waals surface area contributed by atoms with Gasteiger partial charge >= 0.3 is 116 Å². The summed E-state index contributed by atoms with van der Waals surface area (Å²) in [4.78, 5) is 16.7. The molecule has 5 aromatic rings. The molecule has 0 unspecified atom stereocenters. The summed E-state index contributed by atoms with van der Waals surface area (Å²) < 4.78 is 121. The van der Waals surface area contributed by atoms with Crippen LogP contribution in [0.2, 0.25) is 22.8 Å². The molecule has 4 heterocycles. The maximum Gasteiger partial charge on any atom is 2.00 e. The van der Waals surface area contributed by atoms with Crippen LogP contribution in [0.4, 0.5) is 26.3 Å². The second-order valence-electron chi connectivity index (χ2n) is 9.94. The van der Waals surface area contributed by atoms with Crippen molar-refractivity contribution in [3.05, 3.63) is 122 Å². The Kier molecular flexibility index (Phi) is 22.3. The maximum atomic E-state index is 10.7. The van der Waals surface area contributed by atoms with E-state index < -0.39 is 60.6 Å². The van der Waals surface area contributed by atoms with Gasteiger partial charge in [-0.3, -0.25) is 19.9 Å². The Balaban J connectivity index is 0.000000644. The average molecular weight is 998 g/mol. The van der Waals surface area contributed by atoms with Gasteiger partial charge in [-0.2, -0.15) is 26.3 Å². The number of benzene rings is 1. The van der Waals surface area contributed by atoms with E-state index >= 15 is 0 Å². The molecular weight excluding hydrogens is 965 g/mol. The Labute approximate surface area is 326 Å². The molecule has 0 radical (unpaired) electrons. The number of alkyl halides is 6. The van der Waals surface area contributed by atoms with Crippen molar-refractivity contribution in [3.8, 4) is 22.8 Å². The molecule has 5 rings (SSSR count). The first-order chi connectivity index (χ1) is 24.1. The van der Waals surface area contributed by atoms with Gasteiger partial charge in [0, 0.05) is 24.8 Å². The van der Waals surface area contributed by atoms with Gasteiger partial charge in [0.05, 0.1) is 22.8 Å². The van der Waals surface area contributed by atoms with Gasteiger partial charge in [-0.15, -0.1) is 0 Å². The molecule has 0 fully saturated rings. The third kappa shape index (κ3) is 19.7. The molecule has 0 saturated heterocycles. The van der Waals surface area contributed by atoms with Crippen molar-refractivity contribution in [2.75, 3.05) is 0 Å². The van der Waals surface area contributed by atoms with Gasteiger partial charge < -0.3 is 9.11 Å². The third-order valence-electron chi connectivity index (χ3n) is 5.60. The number of rotatable bonds is 4. The largest absolute Gasteiger partial charge is 2.00 e. The first kappa shape index (κ1) is 50.0. The van der Waals surface area contributed by atoms with Crippen LogP contribution in [-0.4, -0.2) is 86.2 Å². The SMILES string of the molecule is C[As](C)c1ccccc1[As](C)C.O=S(=O)([O-])C(F)(F)F.O=S(=O)([O-])C(F)(F)F.[Ru+2].c1ccc(-c2ccccn2)nc1.c1ccc(-c2ccccn2)nc1. The number of hydrogen-bond donors (Lipinski definition) is 0. The molecule has 0 aliphatic heterocycles. The molecule has 0 spiro atoms. The molecule has 21 heteroatoms. The van der Waals surface area contributed by atoms with E-state index in [4.69, 9.17) is 25.9 Å². The maximum absolute atomic E-state index is 10.7. The fraction of sp³-hybridized carbons (Fsp3) is 0.188. The van der Waals surface area contributed by atoms with Crippen molar-refractivity contribution in [1.29, 1.82) is 0 Å². The van der Waals surface area contributed by atoms with Crippen LogP contribution in [0.5, 0.6) is 0 Å². The summed E-state index contributed by atoms with van der Waals surface area (Å²) >= 11 is -1.30. The van der Waals surface area contributed by atoms with E-state index in [9.17, 15) is 26.3 Å². The molecule has 0 atom stereocenters. The Morgan fingerprint density at radius 1 is 0.453 bits per heavy atom. The van der Waals surface area contributed by atoms with Crippen LogP contribution in [0.15, 0.2) is 122 Å². The van der Waals surface area contributed by atoms with Crippen LogP contribution in [0.1, 0.15) is 0 Å². The topological polar surface area (TPSA) is 166 Å². The van der Waals surface area contributed by atoms with Crippen LogP contribution in [0.3, 0.4) is 0 Å². The zero-order valence-electron chi connectivity index (χ0n) is 28.1. The summed E-state index contributed by atoms with van der Waals surface area (Å²) in [5.41, 5.74) is 2.05. The summed E-state index contributed by atoms with van der Waals surface area (Å²) in [6.07, 6.45) is 7.07. The van der Waals surface area contributed by atoms with E-state index in [1.807, 2.05) is 72.8 Å².